The van der Waals surface area contributed by atoms with Crippen LogP contribution in [0.4, 0.5) is 0 Å². The molecular formula is C15H19NO. The van der Waals surface area contributed by atoms with E-state index in [1.54, 1.807) is 7.11 Å². The molecule has 0 saturated carbocycles. The van der Waals surface area contributed by atoms with Crippen molar-refractivity contribution in [1.29, 1.82) is 0 Å². The van der Waals surface area contributed by atoms with Crippen LogP contribution in [0.15, 0.2) is 24.3 Å². The molecular weight excluding hydrogens is 210 g/mol. The van der Waals surface area contributed by atoms with Gasteiger partial charge in [-0.3, -0.25) is 0 Å². The maximum atomic E-state index is 5.37. The third kappa shape index (κ3) is 2.26. The van der Waals surface area contributed by atoms with Crippen LogP contribution in [0.25, 0.3) is 10.9 Å². The molecule has 2 heteroatoms. The van der Waals surface area contributed by atoms with Gasteiger partial charge in [0, 0.05) is 11.1 Å². The third-order valence-electron chi connectivity index (χ3n) is 3.06. The Kier molecular flexibility index (Phi) is 3.62. The van der Waals surface area contributed by atoms with Crippen molar-refractivity contribution in [2.45, 2.75) is 33.1 Å². The van der Waals surface area contributed by atoms with E-state index in [9.17, 15) is 0 Å². The molecule has 0 saturated heterocycles. The summed E-state index contributed by atoms with van der Waals surface area (Å²) in [5, 5.41) is 1.17. The molecule has 0 aliphatic heterocycles. The summed E-state index contributed by atoms with van der Waals surface area (Å²) in [5.41, 5.74) is 3.55. The number of pyridine rings is 1. The molecule has 1 aromatic heterocycles. The maximum absolute atomic E-state index is 5.37. The summed E-state index contributed by atoms with van der Waals surface area (Å²) >= 11 is 0. The van der Waals surface area contributed by atoms with E-state index in [1.165, 1.54) is 16.6 Å². The fraction of sp³-hybridized carbons (Fsp3) is 0.400. The lowest BCUT2D eigenvalue weighted by Gasteiger charge is -2.10. The van der Waals surface area contributed by atoms with Gasteiger partial charge in [0.05, 0.1) is 7.11 Å². The molecule has 0 bridgehead atoms. The van der Waals surface area contributed by atoms with Gasteiger partial charge >= 0.3 is 0 Å². The molecule has 0 aliphatic rings. The van der Waals surface area contributed by atoms with Gasteiger partial charge < -0.3 is 4.74 Å². The summed E-state index contributed by atoms with van der Waals surface area (Å²) in [5.74, 6) is 0.863. The van der Waals surface area contributed by atoms with Gasteiger partial charge in [-0.05, 0) is 30.5 Å². The Morgan fingerprint density at radius 2 is 2.06 bits per heavy atom. The second-order valence-corrected chi connectivity index (χ2v) is 4.23. The lowest BCUT2D eigenvalue weighted by atomic mass is 10.0. The molecule has 1 aromatic carbocycles. The molecule has 0 radical (unpaired) electrons. The molecule has 0 unspecified atom stereocenters. The van der Waals surface area contributed by atoms with Crippen LogP contribution in [-0.2, 0) is 12.8 Å². The number of fused-ring (bicyclic) bond motifs is 1. The minimum atomic E-state index is 0.863. The summed E-state index contributed by atoms with van der Waals surface area (Å²) in [7, 11) is 1.70. The zero-order valence-corrected chi connectivity index (χ0v) is 10.8. The number of para-hydroxylation sites is 1. The predicted octanol–water partition coefficient (Wildman–Crippen LogP) is 3.76. The van der Waals surface area contributed by atoms with Gasteiger partial charge in [0.1, 0.15) is 11.3 Å². The topological polar surface area (TPSA) is 22.1 Å². The van der Waals surface area contributed by atoms with E-state index in [1.807, 2.05) is 12.1 Å². The van der Waals surface area contributed by atoms with E-state index in [0.29, 0.717) is 0 Å². The Balaban J connectivity index is 2.65. The highest BCUT2D eigenvalue weighted by atomic mass is 16.5. The van der Waals surface area contributed by atoms with Crippen LogP contribution >= 0.6 is 0 Å². The van der Waals surface area contributed by atoms with Crippen LogP contribution in [0.2, 0.25) is 0 Å². The quantitative estimate of drug-likeness (QED) is 0.796. The minimum absolute atomic E-state index is 0.863. The number of benzene rings is 1. The van der Waals surface area contributed by atoms with Crippen molar-refractivity contribution in [1.82, 2.24) is 4.98 Å². The summed E-state index contributed by atoms with van der Waals surface area (Å²) in [4.78, 5) is 4.78. The highest BCUT2D eigenvalue weighted by Gasteiger charge is 2.08. The summed E-state index contributed by atoms with van der Waals surface area (Å²) in [6, 6.07) is 8.33. The van der Waals surface area contributed by atoms with Crippen molar-refractivity contribution < 1.29 is 4.74 Å². The molecule has 0 N–H and O–H groups in total. The molecule has 2 nitrogen and oxygen atoms in total. The van der Waals surface area contributed by atoms with Crippen molar-refractivity contribution in [2.24, 2.45) is 0 Å². The standard InChI is InChI=1S/C15H19NO/c1-4-7-13-11(5-2)10-12-8-6-9-14(17-3)15(12)16-13/h6,8-10H,4-5,7H2,1-3H3. The first-order valence-electron chi connectivity index (χ1n) is 6.25. The lowest BCUT2D eigenvalue weighted by Crippen LogP contribution is -1.98. The van der Waals surface area contributed by atoms with Crippen molar-refractivity contribution in [3.63, 3.8) is 0 Å². The number of aromatic nitrogens is 1. The smallest absolute Gasteiger partial charge is 0.145 e. The average molecular weight is 229 g/mol. The average Bonchev–Trinajstić information content (AvgIpc) is 2.37. The Hall–Kier alpha value is -1.57. The molecule has 0 aliphatic carbocycles. The van der Waals surface area contributed by atoms with Crippen LogP contribution in [-0.4, -0.2) is 12.1 Å². The van der Waals surface area contributed by atoms with E-state index in [4.69, 9.17) is 9.72 Å². The monoisotopic (exact) mass is 229 g/mol. The van der Waals surface area contributed by atoms with Gasteiger partial charge in [0.2, 0.25) is 0 Å². The van der Waals surface area contributed by atoms with Crippen LogP contribution < -0.4 is 4.74 Å². The Morgan fingerprint density at radius 3 is 2.71 bits per heavy atom. The van der Waals surface area contributed by atoms with Gasteiger partial charge in [-0.2, -0.15) is 0 Å². The molecule has 17 heavy (non-hydrogen) atoms. The normalized spacial score (nSPS) is 10.8. The van der Waals surface area contributed by atoms with Crippen LogP contribution in [0.1, 0.15) is 31.5 Å². The molecule has 0 atom stereocenters. The Bertz CT molecular complexity index is 520. The van der Waals surface area contributed by atoms with Gasteiger partial charge in [-0.25, -0.2) is 4.98 Å². The Labute approximate surface area is 103 Å². The highest BCUT2D eigenvalue weighted by molar-refractivity contribution is 5.85. The van der Waals surface area contributed by atoms with Crippen molar-refractivity contribution in [2.75, 3.05) is 7.11 Å². The summed E-state index contributed by atoms with van der Waals surface area (Å²) in [6.45, 7) is 4.37. The zero-order chi connectivity index (χ0) is 12.3. The fourth-order valence-corrected chi connectivity index (χ4v) is 2.18. The van der Waals surface area contributed by atoms with E-state index in [0.717, 1.165) is 30.5 Å². The van der Waals surface area contributed by atoms with Crippen LogP contribution in [0.5, 0.6) is 5.75 Å². The summed E-state index contributed by atoms with van der Waals surface area (Å²) < 4.78 is 5.37. The second kappa shape index (κ2) is 5.17. The van der Waals surface area contributed by atoms with E-state index in [-0.39, 0.29) is 0 Å². The van der Waals surface area contributed by atoms with Crippen LogP contribution in [0.3, 0.4) is 0 Å². The fourth-order valence-electron chi connectivity index (χ4n) is 2.18. The first-order chi connectivity index (χ1) is 8.30. The first-order valence-corrected chi connectivity index (χ1v) is 6.25. The summed E-state index contributed by atoms with van der Waals surface area (Å²) in [6.07, 6.45) is 3.20. The SMILES string of the molecule is CCCc1nc2c(OC)cccc2cc1CC. The largest absolute Gasteiger partial charge is 0.494 e. The molecule has 0 fully saturated rings. The molecule has 0 spiro atoms. The third-order valence-corrected chi connectivity index (χ3v) is 3.06. The number of aryl methyl sites for hydroxylation is 2. The number of rotatable bonds is 4. The minimum Gasteiger partial charge on any atom is -0.494 e. The van der Waals surface area contributed by atoms with Gasteiger partial charge in [-0.1, -0.05) is 32.4 Å². The Morgan fingerprint density at radius 1 is 1.24 bits per heavy atom. The number of hydrogen-bond donors (Lipinski definition) is 0. The van der Waals surface area contributed by atoms with Crippen LogP contribution in [0, 0.1) is 0 Å². The highest BCUT2D eigenvalue weighted by Crippen LogP contribution is 2.26. The molecule has 90 valence electrons. The number of nitrogens with zero attached hydrogens (tertiary/aromatic N) is 1. The van der Waals surface area contributed by atoms with E-state index in [2.05, 4.69) is 26.0 Å². The lowest BCUT2D eigenvalue weighted by molar-refractivity contribution is 0.419. The van der Waals surface area contributed by atoms with Crippen molar-refractivity contribution >= 4 is 10.9 Å². The predicted molar refractivity (Wildman–Crippen MR) is 71.7 cm³/mol. The number of ether oxygens (including phenoxy) is 1. The van der Waals surface area contributed by atoms with Crippen molar-refractivity contribution in [3.05, 3.63) is 35.5 Å². The number of methoxy groups -OCH3 is 1. The first kappa shape index (κ1) is 11.9. The van der Waals surface area contributed by atoms with Gasteiger partial charge in [0.15, 0.2) is 0 Å². The molecule has 0 amide bonds. The van der Waals surface area contributed by atoms with Crippen molar-refractivity contribution in [3.8, 4) is 5.75 Å². The van der Waals surface area contributed by atoms with Gasteiger partial charge in [-0.15, -0.1) is 0 Å². The maximum Gasteiger partial charge on any atom is 0.145 e. The van der Waals surface area contributed by atoms with E-state index < -0.39 is 0 Å². The second-order valence-electron chi connectivity index (χ2n) is 4.23. The molecule has 2 rings (SSSR count). The van der Waals surface area contributed by atoms with Gasteiger partial charge in [0.25, 0.3) is 0 Å². The van der Waals surface area contributed by atoms with E-state index >= 15 is 0 Å². The molecule has 1 heterocycles. The zero-order valence-electron chi connectivity index (χ0n) is 10.8. The molecule has 2 aromatic rings. The number of hydrogen-bond acceptors (Lipinski definition) is 2.